The molecule has 0 unspecified atom stereocenters. The van der Waals surface area contributed by atoms with Crippen LogP contribution in [0.25, 0.3) is 0 Å². The van der Waals surface area contributed by atoms with E-state index in [1.807, 2.05) is 18.4 Å². The van der Waals surface area contributed by atoms with Gasteiger partial charge < -0.3 is 5.11 Å². The predicted octanol–water partition coefficient (Wildman–Crippen LogP) is 3.13. The molecule has 14 heavy (non-hydrogen) atoms. The second-order valence-electron chi connectivity index (χ2n) is 3.82. The van der Waals surface area contributed by atoms with Crippen molar-refractivity contribution in [3.05, 3.63) is 28.8 Å². The summed E-state index contributed by atoms with van der Waals surface area (Å²) in [7, 11) is 0. The van der Waals surface area contributed by atoms with Crippen molar-refractivity contribution in [2.45, 2.75) is 29.8 Å². The lowest BCUT2D eigenvalue weighted by molar-refractivity contribution is 0.150. The molecular weight excluding hydrogens is 216 g/mol. The molecule has 0 amide bonds. The number of benzene rings is 1. The van der Waals surface area contributed by atoms with Crippen LogP contribution in [0.2, 0.25) is 5.02 Å². The quantitative estimate of drug-likeness (QED) is 0.803. The van der Waals surface area contributed by atoms with Crippen LogP contribution in [0.15, 0.2) is 23.1 Å². The second-order valence-corrected chi connectivity index (χ2v) is 5.08. The summed E-state index contributed by atoms with van der Waals surface area (Å²) >= 11 is 7.80. The zero-order valence-electron chi connectivity index (χ0n) is 8.09. The topological polar surface area (TPSA) is 20.2 Å². The van der Waals surface area contributed by atoms with Crippen LogP contribution in [0.1, 0.15) is 18.4 Å². The van der Waals surface area contributed by atoms with E-state index in [2.05, 4.69) is 6.07 Å². The first-order chi connectivity index (χ1) is 6.64. The fourth-order valence-corrected chi connectivity index (χ4v) is 2.49. The lowest BCUT2D eigenvalue weighted by Gasteiger charge is -2.12. The normalized spacial score (nSPS) is 18.2. The fraction of sp³-hybridized carbons (Fsp3) is 0.455. The third-order valence-corrected chi connectivity index (χ3v) is 3.81. The summed E-state index contributed by atoms with van der Waals surface area (Å²) in [6, 6.07) is 5.90. The van der Waals surface area contributed by atoms with Gasteiger partial charge in [-0.1, -0.05) is 17.7 Å². The molecule has 0 saturated heterocycles. The predicted molar refractivity (Wildman–Crippen MR) is 61.1 cm³/mol. The van der Waals surface area contributed by atoms with Crippen LogP contribution in [-0.4, -0.2) is 17.0 Å². The van der Waals surface area contributed by atoms with E-state index in [9.17, 15) is 5.11 Å². The molecule has 0 heterocycles. The van der Waals surface area contributed by atoms with Crippen molar-refractivity contribution in [3.8, 4) is 0 Å². The van der Waals surface area contributed by atoms with Gasteiger partial charge in [-0.15, -0.1) is 11.8 Å². The second kappa shape index (κ2) is 3.76. The van der Waals surface area contributed by atoms with Crippen molar-refractivity contribution >= 4 is 23.4 Å². The van der Waals surface area contributed by atoms with Crippen LogP contribution in [-0.2, 0) is 6.42 Å². The van der Waals surface area contributed by atoms with Gasteiger partial charge in [-0.3, -0.25) is 0 Å². The van der Waals surface area contributed by atoms with Gasteiger partial charge in [0.05, 0.1) is 5.60 Å². The van der Waals surface area contributed by atoms with Gasteiger partial charge in [-0.05, 0) is 36.8 Å². The van der Waals surface area contributed by atoms with Gasteiger partial charge in [0.25, 0.3) is 0 Å². The summed E-state index contributed by atoms with van der Waals surface area (Å²) < 4.78 is 0. The first-order valence-corrected chi connectivity index (χ1v) is 6.29. The Morgan fingerprint density at radius 1 is 1.50 bits per heavy atom. The molecule has 1 nitrogen and oxygen atoms in total. The Morgan fingerprint density at radius 2 is 2.21 bits per heavy atom. The van der Waals surface area contributed by atoms with Crippen molar-refractivity contribution in [3.63, 3.8) is 0 Å². The molecule has 1 aromatic rings. The van der Waals surface area contributed by atoms with Crippen molar-refractivity contribution in [2.75, 3.05) is 6.26 Å². The molecule has 1 aromatic carbocycles. The number of hydrogen-bond acceptors (Lipinski definition) is 2. The number of thioether (sulfide) groups is 1. The van der Waals surface area contributed by atoms with Crippen LogP contribution in [0.3, 0.4) is 0 Å². The average molecular weight is 229 g/mol. The van der Waals surface area contributed by atoms with Crippen molar-refractivity contribution in [1.29, 1.82) is 0 Å². The van der Waals surface area contributed by atoms with E-state index in [1.54, 1.807) is 11.8 Å². The number of halogens is 1. The summed E-state index contributed by atoms with van der Waals surface area (Å²) in [6.45, 7) is 0. The smallest absolute Gasteiger partial charge is 0.0691 e. The minimum atomic E-state index is -0.463. The van der Waals surface area contributed by atoms with E-state index in [4.69, 9.17) is 11.6 Å². The highest BCUT2D eigenvalue weighted by Crippen LogP contribution is 2.41. The van der Waals surface area contributed by atoms with E-state index in [-0.39, 0.29) is 0 Å². The minimum absolute atomic E-state index is 0.463. The van der Waals surface area contributed by atoms with Gasteiger partial charge in [-0.2, -0.15) is 0 Å². The third-order valence-electron chi connectivity index (χ3n) is 2.63. The van der Waals surface area contributed by atoms with Gasteiger partial charge in [-0.25, -0.2) is 0 Å². The molecule has 1 aliphatic carbocycles. The fourth-order valence-electron chi connectivity index (χ4n) is 1.55. The SMILES string of the molecule is CSc1cccc(Cl)c1CC1(O)CC1. The zero-order chi connectivity index (χ0) is 10.2. The van der Waals surface area contributed by atoms with E-state index in [0.717, 1.165) is 23.4 Å². The molecule has 0 radical (unpaired) electrons. The molecule has 0 atom stereocenters. The molecule has 3 heteroatoms. The van der Waals surface area contributed by atoms with Crippen molar-refractivity contribution in [2.24, 2.45) is 0 Å². The van der Waals surface area contributed by atoms with Gasteiger partial charge in [0.15, 0.2) is 0 Å². The van der Waals surface area contributed by atoms with Crippen molar-refractivity contribution in [1.82, 2.24) is 0 Å². The number of hydrogen-bond donors (Lipinski definition) is 1. The summed E-state index contributed by atoms with van der Waals surface area (Å²) in [4.78, 5) is 1.18. The van der Waals surface area contributed by atoms with E-state index < -0.39 is 5.60 Å². The Hall–Kier alpha value is -0.180. The standard InChI is InChI=1S/C11H13ClOS/c1-14-10-4-2-3-9(12)8(10)7-11(13)5-6-11/h2-4,13H,5-7H2,1H3. The molecule has 1 N–H and O–H groups in total. The molecular formula is C11H13ClOS. The summed E-state index contributed by atoms with van der Waals surface area (Å²) in [6.07, 6.45) is 4.55. The largest absolute Gasteiger partial charge is 0.390 e. The van der Waals surface area contributed by atoms with Crippen LogP contribution < -0.4 is 0 Å². The zero-order valence-corrected chi connectivity index (χ0v) is 9.66. The third kappa shape index (κ3) is 2.08. The number of rotatable bonds is 3. The van der Waals surface area contributed by atoms with Gasteiger partial charge in [0, 0.05) is 16.3 Å². The molecule has 1 fully saturated rings. The van der Waals surface area contributed by atoms with Crippen LogP contribution in [0.5, 0.6) is 0 Å². The maximum atomic E-state index is 9.86. The van der Waals surface area contributed by atoms with Crippen LogP contribution in [0, 0.1) is 0 Å². The minimum Gasteiger partial charge on any atom is -0.390 e. The first-order valence-electron chi connectivity index (χ1n) is 4.68. The van der Waals surface area contributed by atoms with E-state index >= 15 is 0 Å². The maximum Gasteiger partial charge on any atom is 0.0691 e. The number of aliphatic hydroxyl groups is 1. The summed E-state index contributed by atoms with van der Waals surface area (Å²) in [5.41, 5.74) is 0.636. The molecule has 1 aliphatic rings. The Morgan fingerprint density at radius 3 is 2.79 bits per heavy atom. The highest BCUT2D eigenvalue weighted by molar-refractivity contribution is 7.98. The summed E-state index contributed by atoms with van der Waals surface area (Å²) in [5, 5.41) is 10.6. The van der Waals surface area contributed by atoms with Crippen LogP contribution >= 0.6 is 23.4 Å². The molecule has 1 saturated carbocycles. The molecule has 0 bridgehead atoms. The lowest BCUT2D eigenvalue weighted by Crippen LogP contribution is -2.11. The Kier molecular flexibility index (Phi) is 2.78. The monoisotopic (exact) mass is 228 g/mol. The Labute approximate surface area is 93.5 Å². The molecule has 76 valence electrons. The molecule has 2 rings (SSSR count). The lowest BCUT2D eigenvalue weighted by atomic mass is 10.1. The van der Waals surface area contributed by atoms with Crippen LogP contribution in [0.4, 0.5) is 0 Å². The highest BCUT2D eigenvalue weighted by Gasteiger charge is 2.41. The van der Waals surface area contributed by atoms with Gasteiger partial charge in [0.1, 0.15) is 0 Å². The van der Waals surface area contributed by atoms with Gasteiger partial charge >= 0.3 is 0 Å². The van der Waals surface area contributed by atoms with Gasteiger partial charge in [0.2, 0.25) is 0 Å². The highest BCUT2D eigenvalue weighted by atomic mass is 35.5. The molecule has 0 aromatic heterocycles. The van der Waals surface area contributed by atoms with Crippen molar-refractivity contribution < 1.29 is 5.11 Å². The maximum absolute atomic E-state index is 9.86. The summed E-state index contributed by atoms with van der Waals surface area (Å²) in [5.74, 6) is 0. The van der Waals surface area contributed by atoms with E-state index in [0.29, 0.717) is 6.42 Å². The van der Waals surface area contributed by atoms with E-state index in [1.165, 1.54) is 4.90 Å². The molecule has 0 spiro atoms. The Bertz CT molecular complexity index is 347. The molecule has 0 aliphatic heterocycles. The first kappa shape index (κ1) is 10.3. The average Bonchev–Trinajstić information content (AvgIpc) is 2.88. The Balaban J connectivity index is 2.29.